The highest BCUT2D eigenvalue weighted by Crippen LogP contribution is 2.25. The van der Waals surface area contributed by atoms with E-state index in [-0.39, 0.29) is 6.04 Å². The Morgan fingerprint density at radius 1 is 1.50 bits per heavy atom. The van der Waals surface area contributed by atoms with E-state index in [1.54, 1.807) is 17.5 Å². The van der Waals surface area contributed by atoms with Crippen LogP contribution in [0.1, 0.15) is 16.6 Å². The number of benzene rings is 1. The minimum atomic E-state index is -0.0447. The summed E-state index contributed by atoms with van der Waals surface area (Å²) < 4.78 is 1.14. The van der Waals surface area contributed by atoms with Crippen molar-refractivity contribution in [2.45, 2.75) is 12.5 Å². The molecular formula is C11H10ClIN2S. The molecule has 2 N–H and O–H groups in total. The molecule has 0 aliphatic carbocycles. The lowest BCUT2D eigenvalue weighted by Gasteiger charge is -2.12. The molecule has 0 amide bonds. The van der Waals surface area contributed by atoms with Crippen molar-refractivity contribution in [1.29, 1.82) is 0 Å². The molecule has 84 valence electrons. The Labute approximate surface area is 117 Å². The van der Waals surface area contributed by atoms with Gasteiger partial charge in [0.05, 0.1) is 5.01 Å². The third-order valence-corrected chi connectivity index (χ3v) is 4.25. The second kappa shape index (κ2) is 5.44. The first-order valence-electron chi connectivity index (χ1n) is 4.75. The monoisotopic (exact) mass is 364 g/mol. The highest BCUT2D eigenvalue weighted by atomic mass is 127. The van der Waals surface area contributed by atoms with Crippen LogP contribution in [0.15, 0.2) is 29.8 Å². The van der Waals surface area contributed by atoms with Gasteiger partial charge < -0.3 is 5.73 Å². The molecule has 0 saturated heterocycles. The molecule has 0 radical (unpaired) electrons. The van der Waals surface area contributed by atoms with Crippen LogP contribution in [0.25, 0.3) is 0 Å². The average molecular weight is 365 g/mol. The van der Waals surface area contributed by atoms with Gasteiger partial charge in [-0.1, -0.05) is 11.6 Å². The molecule has 0 saturated carbocycles. The van der Waals surface area contributed by atoms with E-state index in [1.165, 1.54) is 0 Å². The number of nitrogens with zero attached hydrogens (tertiary/aromatic N) is 1. The average Bonchev–Trinajstić information content (AvgIpc) is 2.74. The first kappa shape index (κ1) is 12.3. The lowest BCUT2D eigenvalue weighted by atomic mass is 10.1. The zero-order valence-corrected chi connectivity index (χ0v) is 12.1. The summed E-state index contributed by atoms with van der Waals surface area (Å²) in [4.78, 5) is 4.24. The van der Waals surface area contributed by atoms with Crippen molar-refractivity contribution >= 4 is 45.5 Å². The standard InChI is InChI=1S/C11H10ClIN2S/c12-7-1-2-9(13)8(5-7)10(14)6-11-15-3-4-16-11/h1-5,10H,6,14H2. The van der Waals surface area contributed by atoms with E-state index in [1.807, 2.05) is 23.6 Å². The molecule has 0 bridgehead atoms. The fourth-order valence-corrected chi connectivity index (χ4v) is 3.04. The second-order valence-electron chi connectivity index (χ2n) is 3.40. The predicted octanol–water partition coefficient (Wildman–Crippen LogP) is 3.64. The Morgan fingerprint density at radius 3 is 3.00 bits per heavy atom. The van der Waals surface area contributed by atoms with Gasteiger partial charge in [-0.25, -0.2) is 4.98 Å². The van der Waals surface area contributed by atoms with E-state index >= 15 is 0 Å². The van der Waals surface area contributed by atoms with Gasteiger partial charge >= 0.3 is 0 Å². The minimum absolute atomic E-state index is 0.0447. The SMILES string of the molecule is NC(Cc1nccs1)c1cc(Cl)ccc1I. The summed E-state index contributed by atoms with van der Waals surface area (Å²) in [6, 6.07) is 5.75. The molecular weight excluding hydrogens is 355 g/mol. The Morgan fingerprint density at radius 2 is 2.31 bits per heavy atom. The van der Waals surface area contributed by atoms with E-state index < -0.39 is 0 Å². The molecule has 1 atom stereocenters. The minimum Gasteiger partial charge on any atom is -0.324 e. The molecule has 1 aromatic heterocycles. The van der Waals surface area contributed by atoms with Crippen molar-refractivity contribution in [3.63, 3.8) is 0 Å². The van der Waals surface area contributed by atoms with Gasteiger partial charge in [0.15, 0.2) is 0 Å². The van der Waals surface area contributed by atoms with Crippen LogP contribution in [-0.2, 0) is 6.42 Å². The fraction of sp³-hybridized carbons (Fsp3) is 0.182. The molecule has 0 aliphatic rings. The maximum atomic E-state index is 6.16. The Kier molecular flexibility index (Phi) is 4.18. The number of halogens is 2. The fourth-order valence-electron chi connectivity index (χ4n) is 1.45. The van der Waals surface area contributed by atoms with Crippen molar-refractivity contribution < 1.29 is 0 Å². The third-order valence-electron chi connectivity index (χ3n) is 2.24. The summed E-state index contributed by atoms with van der Waals surface area (Å²) in [6.45, 7) is 0. The van der Waals surface area contributed by atoms with Gasteiger partial charge in [-0.3, -0.25) is 0 Å². The topological polar surface area (TPSA) is 38.9 Å². The summed E-state index contributed by atoms with van der Waals surface area (Å²) in [7, 11) is 0. The van der Waals surface area contributed by atoms with Crippen molar-refractivity contribution in [2.75, 3.05) is 0 Å². The largest absolute Gasteiger partial charge is 0.324 e. The van der Waals surface area contributed by atoms with Gasteiger partial charge in [0.1, 0.15) is 0 Å². The third kappa shape index (κ3) is 2.94. The second-order valence-corrected chi connectivity index (χ2v) is 5.98. The van der Waals surface area contributed by atoms with Crippen LogP contribution in [0.3, 0.4) is 0 Å². The van der Waals surface area contributed by atoms with Crippen LogP contribution in [0.4, 0.5) is 0 Å². The van der Waals surface area contributed by atoms with Crippen molar-refractivity contribution in [2.24, 2.45) is 5.73 Å². The molecule has 5 heteroatoms. The molecule has 1 aromatic carbocycles. The first-order valence-corrected chi connectivity index (χ1v) is 7.09. The molecule has 1 unspecified atom stereocenters. The maximum Gasteiger partial charge on any atom is 0.0943 e. The van der Waals surface area contributed by atoms with Gasteiger partial charge in [0.2, 0.25) is 0 Å². The molecule has 0 fully saturated rings. The van der Waals surface area contributed by atoms with Gasteiger partial charge in [-0.2, -0.15) is 0 Å². The summed E-state index contributed by atoms with van der Waals surface area (Å²) in [5.41, 5.74) is 7.25. The predicted molar refractivity (Wildman–Crippen MR) is 76.9 cm³/mol. The number of rotatable bonds is 3. The molecule has 2 rings (SSSR count). The van der Waals surface area contributed by atoms with Crippen LogP contribution in [-0.4, -0.2) is 4.98 Å². The van der Waals surface area contributed by atoms with E-state index in [2.05, 4.69) is 27.6 Å². The summed E-state index contributed by atoms with van der Waals surface area (Å²) in [6.07, 6.45) is 2.56. The molecule has 16 heavy (non-hydrogen) atoms. The van der Waals surface area contributed by atoms with Crippen molar-refractivity contribution in [3.8, 4) is 0 Å². The van der Waals surface area contributed by atoms with E-state index in [0.717, 1.165) is 25.6 Å². The number of hydrogen-bond acceptors (Lipinski definition) is 3. The first-order chi connectivity index (χ1) is 7.66. The highest BCUT2D eigenvalue weighted by molar-refractivity contribution is 14.1. The number of hydrogen-bond donors (Lipinski definition) is 1. The Balaban J connectivity index is 2.20. The molecule has 1 heterocycles. The van der Waals surface area contributed by atoms with E-state index in [4.69, 9.17) is 17.3 Å². The van der Waals surface area contributed by atoms with Gasteiger partial charge in [0, 0.05) is 32.6 Å². The normalized spacial score (nSPS) is 12.7. The van der Waals surface area contributed by atoms with E-state index in [0.29, 0.717) is 0 Å². The molecule has 2 aromatic rings. The summed E-state index contributed by atoms with van der Waals surface area (Å²) in [5.74, 6) is 0. The number of nitrogens with two attached hydrogens (primary N) is 1. The molecule has 2 nitrogen and oxygen atoms in total. The quantitative estimate of drug-likeness (QED) is 0.845. The van der Waals surface area contributed by atoms with Crippen LogP contribution < -0.4 is 5.73 Å². The Hall–Kier alpha value is -0.170. The zero-order chi connectivity index (χ0) is 11.5. The number of aromatic nitrogens is 1. The lowest BCUT2D eigenvalue weighted by molar-refractivity contribution is 0.714. The van der Waals surface area contributed by atoms with Crippen LogP contribution in [0, 0.1) is 3.57 Å². The van der Waals surface area contributed by atoms with Crippen molar-refractivity contribution in [1.82, 2.24) is 4.98 Å². The van der Waals surface area contributed by atoms with E-state index in [9.17, 15) is 0 Å². The highest BCUT2D eigenvalue weighted by Gasteiger charge is 2.12. The lowest BCUT2D eigenvalue weighted by Crippen LogP contribution is -2.14. The van der Waals surface area contributed by atoms with Crippen LogP contribution in [0.2, 0.25) is 5.02 Å². The van der Waals surface area contributed by atoms with Crippen LogP contribution in [0.5, 0.6) is 0 Å². The summed E-state index contributed by atoms with van der Waals surface area (Å²) in [5, 5.41) is 3.75. The zero-order valence-electron chi connectivity index (χ0n) is 8.36. The Bertz CT molecular complexity index is 473. The molecule has 0 spiro atoms. The van der Waals surface area contributed by atoms with Gasteiger partial charge in [0.25, 0.3) is 0 Å². The maximum absolute atomic E-state index is 6.16. The summed E-state index contributed by atoms with van der Waals surface area (Å²) >= 11 is 9.88. The number of thiazole rings is 1. The van der Waals surface area contributed by atoms with Gasteiger partial charge in [-0.05, 0) is 46.4 Å². The van der Waals surface area contributed by atoms with Gasteiger partial charge in [-0.15, -0.1) is 11.3 Å². The van der Waals surface area contributed by atoms with Crippen LogP contribution >= 0.6 is 45.5 Å². The smallest absolute Gasteiger partial charge is 0.0943 e. The molecule has 0 aliphatic heterocycles. The van der Waals surface area contributed by atoms with Crippen molar-refractivity contribution in [3.05, 3.63) is 48.9 Å².